The smallest absolute Gasteiger partial charge is 0.254 e. The molecule has 6 heteroatoms. The van der Waals surface area contributed by atoms with E-state index in [2.05, 4.69) is 26.3 Å². The Labute approximate surface area is 112 Å². The SMILES string of the molecule is Cn1nccc1CNC(=O)c1cccc(Br)c1F. The first-order chi connectivity index (χ1) is 8.59. The molecule has 0 aliphatic rings. The average molecular weight is 312 g/mol. The van der Waals surface area contributed by atoms with Gasteiger partial charge in [0.2, 0.25) is 0 Å². The Balaban J connectivity index is 2.09. The van der Waals surface area contributed by atoms with E-state index in [9.17, 15) is 9.18 Å². The summed E-state index contributed by atoms with van der Waals surface area (Å²) in [5.41, 5.74) is 0.866. The second kappa shape index (κ2) is 5.30. The summed E-state index contributed by atoms with van der Waals surface area (Å²) in [7, 11) is 1.78. The molecule has 0 fully saturated rings. The van der Waals surface area contributed by atoms with Gasteiger partial charge in [0.15, 0.2) is 0 Å². The Morgan fingerprint density at radius 3 is 2.94 bits per heavy atom. The minimum absolute atomic E-state index is 0.0199. The molecule has 1 N–H and O–H groups in total. The first-order valence-corrected chi connectivity index (χ1v) is 6.08. The van der Waals surface area contributed by atoms with Crippen LogP contribution in [0.3, 0.4) is 0 Å². The molecule has 0 bridgehead atoms. The molecule has 1 heterocycles. The van der Waals surface area contributed by atoms with Crippen molar-refractivity contribution < 1.29 is 9.18 Å². The summed E-state index contributed by atoms with van der Waals surface area (Å²) in [4.78, 5) is 11.8. The lowest BCUT2D eigenvalue weighted by Gasteiger charge is -2.07. The minimum atomic E-state index is -0.556. The van der Waals surface area contributed by atoms with E-state index in [0.29, 0.717) is 6.54 Å². The lowest BCUT2D eigenvalue weighted by Crippen LogP contribution is -2.25. The van der Waals surface area contributed by atoms with Gasteiger partial charge in [0.25, 0.3) is 5.91 Å². The molecule has 0 aliphatic carbocycles. The molecule has 0 saturated carbocycles. The standard InChI is InChI=1S/C12H11BrFN3O/c1-17-8(5-6-16-17)7-15-12(18)9-3-2-4-10(13)11(9)14/h2-6H,7H2,1H3,(H,15,18). The molecule has 2 aromatic rings. The third-order valence-corrected chi connectivity index (χ3v) is 3.16. The molecule has 0 spiro atoms. The molecule has 0 aliphatic heterocycles. The van der Waals surface area contributed by atoms with E-state index in [1.165, 1.54) is 6.07 Å². The number of hydrogen-bond acceptors (Lipinski definition) is 2. The fourth-order valence-corrected chi connectivity index (χ4v) is 1.89. The van der Waals surface area contributed by atoms with Crippen LogP contribution in [0.4, 0.5) is 4.39 Å². The van der Waals surface area contributed by atoms with Crippen LogP contribution in [0.5, 0.6) is 0 Å². The van der Waals surface area contributed by atoms with Gasteiger partial charge in [-0.05, 0) is 34.1 Å². The highest BCUT2D eigenvalue weighted by Crippen LogP contribution is 2.18. The van der Waals surface area contributed by atoms with Crippen LogP contribution in [0.2, 0.25) is 0 Å². The fraction of sp³-hybridized carbons (Fsp3) is 0.167. The highest BCUT2D eigenvalue weighted by Gasteiger charge is 2.13. The zero-order valence-corrected chi connectivity index (χ0v) is 11.2. The number of carbonyl (C=O) groups excluding carboxylic acids is 1. The molecule has 1 aromatic heterocycles. The second-order valence-electron chi connectivity index (χ2n) is 3.73. The Morgan fingerprint density at radius 1 is 1.50 bits per heavy atom. The fourth-order valence-electron chi connectivity index (χ4n) is 1.52. The van der Waals surface area contributed by atoms with Crippen LogP contribution >= 0.6 is 15.9 Å². The maximum atomic E-state index is 13.7. The number of rotatable bonds is 3. The Morgan fingerprint density at radius 2 is 2.28 bits per heavy atom. The van der Waals surface area contributed by atoms with Crippen molar-refractivity contribution in [2.45, 2.75) is 6.54 Å². The molecule has 0 saturated heterocycles. The molecule has 0 atom stereocenters. The van der Waals surface area contributed by atoms with Crippen molar-refractivity contribution in [3.63, 3.8) is 0 Å². The summed E-state index contributed by atoms with van der Waals surface area (Å²) in [5.74, 6) is -1.00. The summed E-state index contributed by atoms with van der Waals surface area (Å²) in [6.07, 6.45) is 1.64. The van der Waals surface area contributed by atoms with E-state index < -0.39 is 11.7 Å². The quantitative estimate of drug-likeness (QED) is 0.945. The summed E-state index contributed by atoms with van der Waals surface area (Å²) in [6.45, 7) is 0.307. The number of amides is 1. The molecular weight excluding hydrogens is 301 g/mol. The van der Waals surface area contributed by atoms with Crippen molar-refractivity contribution in [1.29, 1.82) is 0 Å². The summed E-state index contributed by atoms with van der Waals surface area (Å²) < 4.78 is 15.6. The molecule has 0 unspecified atom stereocenters. The van der Waals surface area contributed by atoms with Gasteiger partial charge < -0.3 is 5.32 Å². The molecule has 4 nitrogen and oxygen atoms in total. The first kappa shape index (κ1) is 12.8. The number of nitrogens with one attached hydrogen (secondary N) is 1. The van der Waals surface area contributed by atoms with Crippen LogP contribution in [0.1, 0.15) is 16.1 Å². The monoisotopic (exact) mass is 311 g/mol. The van der Waals surface area contributed by atoms with E-state index in [1.54, 1.807) is 36.1 Å². The third kappa shape index (κ3) is 2.59. The Kier molecular flexibility index (Phi) is 3.76. The predicted octanol–water partition coefficient (Wildman–Crippen LogP) is 2.25. The van der Waals surface area contributed by atoms with E-state index in [1.807, 2.05) is 0 Å². The lowest BCUT2D eigenvalue weighted by molar-refractivity contribution is 0.0946. The number of benzene rings is 1. The summed E-state index contributed by atoms with van der Waals surface area (Å²) in [5, 5.41) is 6.63. The normalized spacial score (nSPS) is 10.4. The molecule has 18 heavy (non-hydrogen) atoms. The van der Waals surface area contributed by atoms with Crippen molar-refractivity contribution in [3.8, 4) is 0 Å². The molecule has 1 amide bonds. The molecular formula is C12H11BrFN3O. The van der Waals surface area contributed by atoms with Crippen molar-refractivity contribution in [1.82, 2.24) is 15.1 Å². The van der Waals surface area contributed by atoms with Crippen LogP contribution in [0, 0.1) is 5.82 Å². The topological polar surface area (TPSA) is 46.9 Å². The highest BCUT2D eigenvalue weighted by atomic mass is 79.9. The second-order valence-corrected chi connectivity index (χ2v) is 4.58. The van der Waals surface area contributed by atoms with Gasteiger partial charge in [-0.25, -0.2) is 4.39 Å². The zero-order valence-electron chi connectivity index (χ0n) is 9.65. The molecule has 2 rings (SSSR count). The number of carbonyl (C=O) groups is 1. The van der Waals surface area contributed by atoms with Crippen molar-refractivity contribution >= 4 is 21.8 Å². The van der Waals surface area contributed by atoms with Gasteiger partial charge >= 0.3 is 0 Å². The summed E-state index contributed by atoms with van der Waals surface area (Å²) >= 11 is 3.05. The lowest BCUT2D eigenvalue weighted by atomic mass is 10.2. The molecule has 94 valence electrons. The third-order valence-electron chi connectivity index (χ3n) is 2.55. The Hall–Kier alpha value is -1.69. The van der Waals surface area contributed by atoms with Crippen LogP contribution in [-0.4, -0.2) is 15.7 Å². The van der Waals surface area contributed by atoms with Gasteiger partial charge in [-0.3, -0.25) is 9.48 Å². The van der Waals surface area contributed by atoms with Crippen LogP contribution in [0.15, 0.2) is 34.9 Å². The van der Waals surface area contributed by atoms with Gasteiger partial charge in [0.05, 0.1) is 22.3 Å². The maximum absolute atomic E-state index is 13.7. The van der Waals surface area contributed by atoms with Crippen molar-refractivity contribution in [2.75, 3.05) is 0 Å². The molecule has 0 radical (unpaired) electrons. The average Bonchev–Trinajstić information content (AvgIpc) is 2.75. The maximum Gasteiger partial charge on any atom is 0.254 e. The number of aromatic nitrogens is 2. The van der Waals surface area contributed by atoms with Gasteiger partial charge in [0.1, 0.15) is 5.82 Å². The van der Waals surface area contributed by atoms with E-state index >= 15 is 0 Å². The van der Waals surface area contributed by atoms with E-state index in [-0.39, 0.29) is 10.0 Å². The number of halogens is 2. The summed E-state index contributed by atoms with van der Waals surface area (Å²) in [6, 6.07) is 6.40. The number of hydrogen-bond donors (Lipinski definition) is 1. The molecule has 1 aromatic carbocycles. The van der Waals surface area contributed by atoms with Crippen LogP contribution in [-0.2, 0) is 13.6 Å². The van der Waals surface area contributed by atoms with Crippen LogP contribution in [0.25, 0.3) is 0 Å². The predicted molar refractivity (Wildman–Crippen MR) is 68.5 cm³/mol. The van der Waals surface area contributed by atoms with Crippen LogP contribution < -0.4 is 5.32 Å². The number of nitrogens with zero attached hydrogens (tertiary/aromatic N) is 2. The zero-order chi connectivity index (χ0) is 13.1. The van der Waals surface area contributed by atoms with Gasteiger partial charge in [-0.15, -0.1) is 0 Å². The minimum Gasteiger partial charge on any atom is -0.346 e. The largest absolute Gasteiger partial charge is 0.346 e. The van der Waals surface area contributed by atoms with Gasteiger partial charge in [-0.1, -0.05) is 6.07 Å². The first-order valence-electron chi connectivity index (χ1n) is 5.28. The van der Waals surface area contributed by atoms with E-state index in [4.69, 9.17) is 0 Å². The van der Waals surface area contributed by atoms with Crippen molar-refractivity contribution in [2.24, 2.45) is 7.05 Å². The van der Waals surface area contributed by atoms with Crippen molar-refractivity contribution in [3.05, 3.63) is 52.0 Å². The highest BCUT2D eigenvalue weighted by molar-refractivity contribution is 9.10. The number of aryl methyl sites for hydroxylation is 1. The Bertz CT molecular complexity index is 582. The van der Waals surface area contributed by atoms with Gasteiger partial charge in [-0.2, -0.15) is 5.10 Å². The van der Waals surface area contributed by atoms with E-state index in [0.717, 1.165) is 5.69 Å². The van der Waals surface area contributed by atoms with Gasteiger partial charge in [0, 0.05) is 13.2 Å².